The van der Waals surface area contributed by atoms with Crippen LogP contribution in [0, 0.1) is 5.82 Å². The van der Waals surface area contributed by atoms with Crippen molar-refractivity contribution in [1.82, 2.24) is 19.4 Å². The molecule has 0 radical (unpaired) electrons. The van der Waals surface area contributed by atoms with E-state index in [2.05, 4.69) is 32.1 Å². The van der Waals surface area contributed by atoms with Gasteiger partial charge in [-0.3, -0.25) is 4.31 Å². The van der Waals surface area contributed by atoms with Gasteiger partial charge in [-0.1, -0.05) is 0 Å². The number of anilines is 4. The van der Waals surface area contributed by atoms with Gasteiger partial charge in [-0.2, -0.15) is 4.98 Å². The van der Waals surface area contributed by atoms with Gasteiger partial charge in [0.05, 0.1) is 17.1 Å². The average molecular weight is 522 g/mol. The van der Waals surface area contributed by atoms with Gasteiger partial charge in [0.1, 0.15) is 11.5 Å². The Kier molecular flexibility index (Phi) is 5.96. The minimum Gasteiger partial charge on any atom is -0.367 e. The lowest BCUT2D eigenvalue weighted by Crippen LogP contribution is -2.44. The lowest BCUT2D eigenvalue weighted by Gasteiger charge is -2.34. The van der Waals surface area contributed by atoms with Crippen LogP contribution in [0.1, 0.15) is 6.42 Å². The molecule has 0 aliphatic carbocycles. The highest BCUT2D eigenvalue weighted by Crippen LogP contribution is 2.28. The maximum absolute atomic E-state index is 14.9. The molecule has 11 heteroatoms. The van der Waals surface area contributed by atoms with Gasteiger partial charge in [0.25, 0.3) is 0 Å². The van der Waals surface area contributed by atoms with Gasteiger partial charge >= 0.3 is 0 Å². The first-order valence-electron chi connectivity index (χ1n) is 12.3. The third-order valence-electron chi connectivity index (χ3n) is 6.99. The van der Waals surface area contributed by atoms with Crippen LogP contribution in [-0.4, -0.2) is 73.4 Å². The number of fused-ring (bicyclic) bond motifs is 1. The molecule has 1 N–H and O–H groups in total. The second-order valence-electron chi connectivity index (χ2n) is 9.50. The molecule has 0 bridgehead atoms. The van der Waals surface area contributed by atoms with Crippen molar-refractivity contribution in [3.05, 3.63) is 66.7 Å². The number of nitrogens with one attached hydrogen (secondary N) is 1. The molecule has 2 saturated heterocycles. The van der Waals surface area contributed by atoms with Crippen molar-refractivity contribution in [1.29, 1.82) is 0 Å². The number of hydrogen-bond donors (Lipinski definition) is 1. The summed E-state index contributed by atoms with van der Waals surface area (Å²) in [5.41, 5.74) is 3.38. The normalized spacial score (nSPS) is 18.0. The summed E-state index contributed by atoms with van der Waals surface area (Å²) >= 11 is 0. The summed E-state index contributed by atoms with van der Waals surface area (Å²) in [5, 5.41) is 3.98. The molecule has 0 atom stereocenters. The predicted molar refractivity (Wildman–Crippen MR) is 144 cm³/mol. The Morgan fingerprint density at radius 2 is 1.70 bits per heavy atom. The molecular weight excluding hydrogens is 493 g/mol. The molecule has 4 heterocycles. The fraction of sp³-hybridized carbons (Fsp3) is 0.308. The van der Waals surface area contributed by atoms with Crippen LogP contribution in [-0.2, 0) is 10.0 Å². The standard InChI is InChI=1S/C26H28FN7O2S/c1-31-12-14-32(15-13-31)24-8-3-20(17-23(24)27)29-26-28-18-19-9-11-33(25(19)30-26)21-4-6-22(7-5-21)34-10-2-16-37(34,35)36/h3-9,11,17-18H,2,10,12-16H2,1H3,(H,28,29,30). The Morgan fingerprint density at radius 1 is 0.946 bits per heavy atom. The van der Waals surface area contributed by atoms with E-state index in [0.29, 0.717) is 41.6 Å². The summed E-state index contributed by atoms with van der Waals surface area (Å²) in [6.07, 6.45) is 4.26. The molecule has 2 aliphatic heterocycles. The molecule has 37 heavy (non-hydrogen) atoms. The summed E-state index contributed by atoms with van der Waals surface area (Å²) < 4.78 is 42.8. The Bertz CT molecular complexity index is 1550. The third kappa shape index (κ3) is 4.60. The quantitative estimate of drug-likeness (QED) is 0.430. The summed E-state index contributed by atoms with van der Waals surface area (Å²) in [5.74, 6) is 0.268. The number of nitrogens with zero attached hydrogens (tertiary/aromatic N) is 6. The fourth-order valence-corrected chi connectivity index (χ4v) is 6.48. The van der Waals surface area contributed by atoms with Crippen molar-refractivity contribution < 1.29 is 12.8 Å². The smallest absolute Gasteiger partial charge is 0.235 e. The summed E-state index contributed by atoms with van der Waals surface area (Å²) in [7, 11) is -1.15. The van der Waals surface area contributed by atoms with E-state index < -0.39 is 10.0 Å². The first-order chi connectivity index (χ1) is 17.9. The van der Waals surface area contributed by atoms with Gasteiger partial charge in [-0.25, -0.2) is 17.8 Å². The van der Waals surface area contributed by atoms with Gasteiger partial charge in [-0.05, 0) is 62.0 Å². The van der Waals surface area contributed by atoms with E-state index >= 15 is 0 Å². The number of sulfonamides is 1. The Balaban J connectivity index is 1.23. The maximum Gasteiger partial charge on any atom is 0.235 e. The largest absolute Gasteiger partial charge is 0.367 e. The van der Waals surface area contributed by atoms with E-state index in [-0.39, 0.29) is 11.6 Å². The first kappa shape index (κ1) is 23.7. The van der Waals surface area contributed by atoms with E-state index in [1.165, 1.54) is 10.4 Å². The number of hydrogen-bond acceptors (Lipinski definition) is 7. The first-order valence-corrected chi connectivity index (χ1v) is 13.9. The zero-order valence-corrected chi connectivity index (χ0v) is 21.3. The van der Waals surface area contributed by atoms with Crippen molar-refractivity contribution in [3.8, 4) is 5.69 Å². The monoisotopic (exact) mass is 521 g/mol. The van der Waals surface area contributed by atoms with E-state index in [1.54, 1.807) is 12.3 Å². The average Bonchev–Trinajstić information content (AvgIpc) is 3.47. The molecular formula is C26H28FN7O2S. The Hall–Kier alpha value is -3.70. The molecule has 2 aromatic carbocycles. The van der Waals surface area contributed by atoms with E-state index in [0.717, 1.165) is 37.3 Å². The van der Waals surface area contributed by atoms with Crippen molar-refractivity contribution in [2.45, 2.75) is 6.42 Å². The topological polar surface area (TPSA) is 86.6 Å². The predicted octanol–water partition coefficient (Wildman–Crippen LogP) is 3.59. The van der Waals surface area contributed by atoms with Crippen molar-refractivity contribution in [2.24, 2.45) is 0 Å². The maximum atomic E-state index is 14.9. The molecule has 0 amide bonds. The van der Waals surface area contributed by atoms with Crippen LogP contribution in [0.15, 0.2) is 60.9 Å². The summed E-state index contributed by atoms with van der Waals surface area (Å²) in [6.45, 7) is 3.92. The van der Waals surface area contributed by atoms with Crippen molar-refractivity contribution in [3.63, 3.8) is 0 Å². The van der Waals surface area contributed by atoms with Crippen LogP contribution in [0.25, 0.3) is 16.7 Å². The van der Waals surface area contributed by atoms with E-state index in [9.17, 15) is 12.8 Å². The van der Waals surface area contributed by atoms with Crippen LogP contribution in [0.2, 0.25) is 0 Å². The van der Waals surface area contributed by atoms with Crippen LogP contribution in [0.3, 0.4) is 0 Å². The van der Waals surface area contributed by atoms with Gasteiger partial charge in [0.2, 0.25) is 16.0 Å². The van der Waals surface area contributed by atoms with Gasteiger partial charge in [-0.15, -0.1) is 0 Å². The fourth-order valence-electron chi connectivity index (χ4n) is 4.91. The Morgan fingerprint density at radius 3 is 2.41 bits per heavy atom. The van der Waals surface area contributed by atoms with E-state index in [4.69, 9.17) is 0 Å². The zero-order valence-electron chi connectivity index (χ0n) is 20.5. The van der Waals surface area contributed by atoms with Crippen LogP contribution in [0.4, 0.5) is 27.4 Å². The molecule has 4 aromatic rings. The minimum absolute atomic E-state index is 0.187. The SMILES string of the molecule is CN1CCN(c2ccc(Nc3ncc4ccn(-c5ccc(N6CCCS6(=O)=O)cc5)c4n3)cc2F)CC1. The summed E-state index contributed by atoms with van der Waals surface area (Å²) in [6, 6.07) is 14.4. The third-order valence-corrected chi connectivity index (χ3v) is 8.86. The zero-order chi connectivity index (χ0) is 25.6. The Labute approximate surface area is 215 Å². The lowest BCUT2D eigenvalue weighted by molar-refractivity contribution is 0.311. The molecule has 0 saturated carbocycles. The van der Waals surface area contributed by atoms with Crippen molar-refractivity contribution in [2.75, 3.05) is 60.0 Å². The van der Waals surface area contributed by atoms with Gasteiger partial charge in [0, 0.05) is 61.9 Å². The lowest BCUT2D eigenvalue weighted by atomic mass is 10.2. The number of rotatable bonds is 5. The van der Waals surface area contributed by atoms with Crippen molar-refractivity contribution >= 4 is 44.1 Å². The molecule has 6 rings (SSSR count). The number of likely N-dealkylation sites (N-methyl/N-ethyl adjacent to an activating group) is 1. The second kappa shape index (κ2) is 9.31. The minimum atomic E-state index is -3.23. The highest BCUT2D eigenvalue weighted by atomic mass is 32.2. The van der Waals surface area contributed by atoms with E-state index in [1.807, 2.05) is 47.2 Å². The molecule has 9 nitrogen and oxygen atoms in total. The number of benzene rings is 2. The molecule has 192 valence electrons. The molecule has 0 unspecified atom stereocenters. The second-order valence-corrected chi connectivity index (χ2v) is 11.5. The van der Waals surface area contributed by atoms with Gasteiger partial charge in [0.15, 0.2) is 0 Å². The highest BCUT2D eigenvalue weighted by Gasteiger charge is 2.28. The number of piperazine rings is 1. The molecule has 2 fully saturated rings. The molecule has 2 aliphatic rings. The van der Waals surface area contributed by atoms with Crippen LogP contribution < -0.4 is 14.5 Å². The molecule has 0 spiro atoms. The van der Waals surface area contributed by atoms with Crippen LogP contribution >= 0.6 is 0 Å². The number of aromatic nitrogens is 3. The summed E-state index contributed by atoms with van der Waals surface area (Å²) in [4.78, 5) is 13.4. The number of halogens is 1. The van der Waals surface area contributed by atoms with Crippen LogP contribution in [0.5, 0.6) is 0 Å². The molecule has 2 aromatic heterocycles. The highest BCUT2D eigenvalue weighted by molar-refractivity contribution is 7.93. The van der Waals surface area contributed by atoms with Gasteiger partial charge < -0.3 is 19.7 Å².